The van der Waals surface area contributed by atoms with Gasteiger partial charge in [0.25, 0.3) is 0 Å². The van der Waals surface area contributed by atoms with Crippen LogP contribution < -0.4 is 5.32 Å². The minimum absolute atomic E-state index is 0.0579. The quantitative estimate of drug-likeness (QED) is 0.710. The molecule has 6 nitrogen and oxygen atoms in total. The van der Waals surface area contributed by atoms with E-state index in [0.717, 1.165) is 16.4 Å². The van der Waals surface area contributed by atoms with Crippen LogP contribution >= 0.6 is 11.8 Å². The van der Waals surface area contributed by atoms with Gasteiger partial charge in [0.05, 0.1) is 29.8 Å². The molecule has 1 amide bonds. The fraction of sp³-hybridized carbons (Fsp3) is 0.409. The number of hydrogen-bond donors (Lipinski definition) is 1. The predicted molar refractivity (Wildman–Crippen MR) is 116 cm³/mol. The molecule has 154 valence electrons. The fourth-order valence-electron chi connectivity index (χ4n) is 3.40. The lowest BCUT2D eigenvalue weighted by Gasteiger charge is -2.36. The van der Waals surface area contributed by atoms with E-state index in [2.05, 4.69) is 10.3 Å². The maximum absolute atomic E-state index is 13.0. The molecule has 0 unspecified atom stereocenters. The summed E-state index contributed by atoms with van der Waals surface area (Å²) in [7, 11) is 0. The average molecular weight is 414 g/mol. The summed E-state index contributed by atoms with van der Waals surface area (Å²) in [5.41, 5.74) is 2.92. The second kappa shape index (κ2) is 8.86. The third-order valence-electron chi connectivity index (χ3n) is 4.47. The Kier molecular flexibility index (Phi) is 6.47. The van der Waals surface area contributed by atoms with E-state index in [9.17, 15) is 9.59 Å². The summed E-state index contributed by atoms with van der Waals surface area (Å²) in [6.45, 7) is 9.36. The monoisotopic (exact) mass is 413 g/mol. The van der Waals surface area contributed by atoms with E-state index in [1.807, 2.05) is 75.3 Å². The smallest absolute Gasteiger partial charge is 0.338 e. The average Bonchev–Trinajstić information content (AvgIpc) is 3.01. The Morgan fingerprint density at radius 3 is 2.52 bits per heavy atom. The normalized spacial score (nSPS) is 18.6. The van der Waals surface area contributed by atoms with Gasteiger partial charge < -0.3 is 15.0 Å². The van der Waals surface area contributed by atoms with E-state index in [0.29, 0.717) is 11.3 Å². The van der Waals surface area contributed by atoms with Crippen molar-refractivity contribution >= 4 is 28.8 Å². The van der Waals surface area contributed by atoms with Gasteiger partial charge in [-0.05, 0) is 45.6 Å². The van der Waals surface area contributed by atoms with Crippen LogP contribution in [0.5, 0.6) is 0 Å². The molecule has 2 heterocycles. The second-order valence-electron chi connectivity index (χ2n) is 7.66. The van der Waals surface area contributed by atoms with Crippen molar-refractivity contribution in [2.75, 3.05) is 0 Å². The van der Waals surface area contributed by atoms with Crippen molar-refractivity contribution in [2.45, 2.75) is 59.2 Å². The van der Waals surface area contributed by atoms with Gasteiger partial charge in [0.2, 0.25) is 5.91 Å². The van der Waals surface area contributed by atoms with Crippen LogP contribution in [0.4, 0.5) is 0 Å². The van der Waals surface area contributed by atoms with Crippen molar-refractivity contribution in [3.63, 3.8) is 0 Å². The molecule has 0 aromatic heterocycles. The molecule has 29 heavy (non-hydrogen) atoms. The Hall–Kier alpha value is -2.54. The first-order chi connectivity index (χ1) is 13.8. The molecule has 1 aromatic carbocycles. The van der Waals surface area contributed by atoms with Gasteiger partial charge in [-0.25, -0.2) is 9.79 Å². The first-order valence-electron chi connectivity index (χ1n) is 9.77. The molecular weight excluding hydrogens is 386 g/mol. The summed E-state index contributed by atoms with van der Waals surface area (Å²) in [5.74, 6) is -0.436. The first kappa shape index (κ1) is 21.2. The molecule has 1 atom stereocenters. The minimum atomic E-state index is -0.386. The molecule has 0 aliphatic carbocycles. The molecule has 3 rings (SSSR count). The van der Waals surface area contributed by atoms with Gasteiger partial charge in [-0.15, -0.1) is 0 Å². The van der Waals surface area contributed by atoms with E-state index in [1.165, 1.54) is 11.8 Å². The number of allylic oxidation sites excluding steroid dienone is 1. The van der Waals surface area contributed by atoms with Gasteiger partial charge in [0.15, 0.2) is 5.17 Å². The first-order valence-corrected chi connectivity index (χ1v) is 10.7. The number of nitrogens with one attached hydrogen (secondary N) is 1. The molecule has 2 aliphatic rings. The van der Waals surface area contributed by atoms with E-state index < -0.39 is 0 Å². The van der Waals surface area contributed by atoms with E-state index in [1.54, 1.807) is 0 Å². The molecule has 0 fully saturated rings. The second-order valence-corrected chi connectivity index (χ2v) is 8.49. The summed E-state index contributed by atoms with van der Waals surface area (Å²) in [6, 6.07) is 9.48. The minimum Gasteiger partial charge on any atom is -0.459 e. The van der Waals surface area contributed by atoms with Gasteiger partial charge in [-0.2, -0.15) is 0 Å². The SMILES string of the molecule is CC1=C(C(=O)OC(C)C)[C@@H](c2ccccc2)N2C(CC(=O)NC(C)C)=CSC2=N1. The van der Waals surface area contributed by atoms with Crippen molar-refractivity contribution in [3.8, 4) is 0 Å². The Balaban J connectivity index is 2.01. The van der Waals surface area contributed by atoms with Gasteiger partial charge in [-0.3, -0.25) is 4.79 Å². The van der Waals surface area contributed by atoms with Crippen LogP contribution in [-0.2, 0) is 14.3 Å². The van der Waals surface area contributed by atoms with Crippen LogP contribution in [0, 0.1) is 0 Å². The zero-order valence-electron chi connectivity index (χ0n) is 17.4. The number of benzene rings is 1. The molecule has 1 N–H and O–H groups in total. The highest BCUT2D eigenvalue weighted by Crippen LogP contribution is 2.44. The number of nitrogens with zero attached hydrogens (tertiary/aromatic N) is 2. The lowest BCUT2D eigenvalue weighted by Crippen LogP contribution is -2.39. The molecule has 0 spiro atoms. The zero-order valence-corrected chi connectivity index (χ0v) is 18.2. The van der Waals surface area contributed by atoms with Gasteiger partial charge in [0.1, 0.15) is 0 Å². The molecule has 0 radical (unpaired) electrons. The fourth-order valence-corrected chi connectivity index (χ4v) is 4.36. The maximum Gasteiger partial charge on any atom is 0.338 e. The highest BCUT2D eigenvalue weighted by molar-refractivity contribution is 8.16. The summed E-state index contributed by atoms with van der Waals surface area (Å²) < 4.78 is 5.53. The molecule has 0 saturated heterocycles. The molecule has 0 bridgehead atoms. The third-order valence-corrected chi connectivity index (χ3v) is 5.36. The van der Waals surface area contributed by atoms with Crippen LogP contribution in [0.25, 0.3) is 0 Å². The Morgan fingerprint density at radius 2 is 1.90 bits per heavy atom. The van der Waals surface area contributed by atoms with E-state index >= 15 is 0 Å². The number of ether oxygens (including phenoxy) is 1. The van der Waals surface area contributed by atoms with Crippen LogP contribution in [0.15, 0.2) is 57.7 Å². The summed E-state index contributed by atoms with van der Waals surface area (Å²) in [6.07, 6.45) is -0.0107. The maximum atomic E-state index is 13.0. The van der Waals surface area contributed by atoms with Gasteiger partial charge in [-0.1, -0.05) is 42.1 Å². The summed E-state index contributed by atoms with van der Waals surface area (Å²) in [4.78, 5) is 32.0. The van der Waals surface area contributed by atoms with Crippen LogP contribution in [0.1, 0.15) is 52.6 Å². The van der Waals surface area contributed by atoms with E-state index in [-0.39, 0.29) is 36.5 Å². The van der Waals surface area contributed by atoms with Gasteiger partial charge >= 0.3 is 5.97 Å². The highest BCUT2D eigenvalue weighted by atomic mass is 32.2. The van der Waals surface area contributed by atoms with Crippen LogP contribution in [-0.4, -0.2) is 34.1 Å². The van der Waals surface area contributed by atoms with Crippen molar-refractivity contribution in [2.24, 2.45) is 4.99 Å². The number of amides is 1. The molecular formula is C22H27N3O3S. The lowest BCUT2D eigenvalue weighted by molar-refractivity contribution is -0.143. The third kappa shape index (κ3) is 4.72. The number of hydrogen-bond acceptors (Lipinski definition) is 6. The topological polar surface area (TPSA) is 71.0 Å². The lowest BCUT2D eigenvalue weighted by atomic mass is 9.94. The molecule has 0 saturated carbocycles. The number of thioether (sulfide) groups is 1. The van der Waals surface area contributed by atoms with Crippen LogP contribution in [0.3, 0.4) is 0 Å². The number of fused-ring (bicyclic) bond motifs is 1. The Morgan fingerprint density at radius 1 is 1.21 bits per heavy atom. The number of amidine groups is 1. The Bertz CT molecular complexity index is 888. The van der Waals surface area contributed by atoms with Crippen molar-refractivity contribution < 1.29 is 14.3 Å². The number of aliphatic imine (C=N–C) groups is 1. The highest BCUT2D eigenvalue weighted by Gasteiger charge is 2.41. The Labute approximate surface area is 176 Å². The van der Waals surface area contributed by atoms with Gasteiger partial charge in [0, 0.05) is 11.7 Å². The van der Waals surface area contributed by atoms with E-state index in [4.69, 9.17) is 4.74 Å². The standard InChI is InChI=1S/C22H27N3O3S/c1-13(2)23-18(26)11-17-12-29-22-24-15(5)19(21(27)28-14(3)4)20(25(17)22)16-9-7-6-8-10-16/h6-10,12-14,20H,11H2,1-5H3,(H,23,26)/t20-/m1/s1. The summed E-state index contributed by atoms with van der Waals surface area (Å²) in [5, 5.41) is 5.64. The zero-order chi connectivity index (χ0) is 21.1. The number of esters is 1. The number of rotatable bonds is 6. The van der Waals surface area contributed by atoms with Crippen molar-refractivity contribution in [3.05, 3.63) is 58.3 Å². The predicted octanol–water partition coefficient (Wildman–Crippen LogP) is 4.13. The number of carbonyl (C=O) groups is 2. The van der Waals surface area contributed by atoms with Crippen LogP contribution in [0.2, 0.25) is 0 Å². The number of carbonyl (C=O) groups excluding carboxylic acids is 2. The summed E-state index contributed by atoms with van der Waals surface area (Å²) >= 11 is 1.47. The van der Waals surface area contributed by atoms with Crippen molar-refractivity contribution in [1.29, 1.82) is 0 Å². The van der Waals surface area contributed by atoms with Crippen molar-refractivity contribution in [1.82, 2.24) is 10.2 Å². The largest absolute Gasteiger partial charge is 0.459 e. The molecule has 1 aromatic rings. The molecule has 2 aliphatic heterocycles. The molecule has 7 heteroatoms.